The zero-order chi connectivity index (χ0) is 26.6. The lowest BCUT2D eigenvalue weighted by molar-refractivity contribution is -0.127. The van der Waals surface area contributed by atoms with E-state index in [-0.39, 0.29) is 22.9 Å². The number of likely N-dealkylation sites (tertiary alicyclic amines) is 1. The molecule has 1 aliphatic rings. The Labute approximate surface area is 217 Å². The summed E-state index contributed by atoms with van der Waals surface area (Å²) in [4.78, 5) is 43.5. The van der Waals surface area contributed by atoms with Crippen LogP contribution in [0.4, 0.5) is 14.5 Å². The maximum atomic E-state index is 13.7. The van der Waals surface area contributed by atoms with E-state index in [1.165, 1.54) is 24.6 Å². The van der Waals surface area contributed by atoms with E-state index in [0.717, 1.165) is 17.7 Å². The lowest BCUT2D eigenvalue weighted by Gasteiger charge is -2.31. The number of furan rings is 1. The Balaban J connectivity index is 1.21. The summed E-state index contributed by atoms with van der Waals surface area (Å²) in [5.74, 6) is -3.38. The van der Waals surface area contributed by atoms with Gasteiger partial charge in [0.15, 0.2) is 17.4 Å². The minimum absolute atomic E-state index is 0.0398. The number of hydrogen-bond acceptors (Lipinski definition) is 5. The molecule has 2 aromatic carbocycles. The molecule has 3 heterocycles. The zero-order valence-corrected chi connectivity index (χ0v) is 20.2. The molecular formula is C29H23F2N3O4. The standard InChI is InChI=1S/C29H23F2N3O4/c30-23-10-7-20(17-24(23)31)26-22(3-1-13-32-26)28(36)33-21-8-5-18(6-9-21)19-11-14-34(15-12-19)29(37)27(35)25-4-2-16-38-25/h1-10,13,16-17,19H,11-12,14-15H2,(H,33,36). The summed E-state index contributed by atoms with van der Waals surface area (Å²) in [6.07, 6.45) is 4.25. The van der Waals surface area contributed by atoms with Crippen molar-refractivity contribution in [2.45, 2.75) is 18.8 Å². The summed E-state index contributed by atoms with van der Waals surface area (Å²) >= 11 is 0. The quantitative estimate of drug-likeness (QED) is 0.272. The largest absolute Gasteiger partial charge is 0.461 e. The van der Waals surface area contributed by atoms with Crippen LogP contribution in [0.1, 0.15) is 45.2 Å². The molecule has 5 rings (SSSR count). The number of nitrogens with zero attached hydrogens (tertiary/aromatic N) is 2. The Kier molecular flexibility index (Phi) is 7.08. The van der Waals surface area contributed by atoms with Gasteiger partial charge in [-0.15, -0.1) is 0 Å². The number of halogens is 2. The minimum Gasteiger partial charge on any atom is -0.461 e. The number of benzene rings is 2. The predicted octanol–water partition coefficient (Wildman–Crippen LogP) is 5.46. The molecular weight excluding hydrogens is 492 g/mol. The first-order valence-corrected chi connectivity index (χ1v) is 12.1. The molecule has 2 aromatic heterocycles. The topological polar surface area (TPSA) is 92.5 Å². The molecule has 0 atom stereocenters. The van der Waals surface area contributed by atoms with E-state index in [2.05, 4.69) is 10.3 Å². The first kappa shape index (κ1) is 25.0. The van der Waals surface area contributed by atoms with Crippen molar-refractivity contribution in [3.8, 4) is 11.3 Å². The molecule has 0 bridgehead atoms. The van der Waals surface area contributed by atoms with Gasteiger partial charge in [0.25, 0.3) is 17.6 Å². The van der Waals surface area contributed by atoms with Crippen LogP contribution in [-0.4, -0.2) is 40.6 Å². The number of rotatable bonds is 6. The van der Waals surface area contributed by atoms with E-state index < -0.39 is 29.2 Å². The third-order valence-corrected chi connectivity index (χ3v) is 6.61. The molecule has 0 saturated carbocycles. The molecule has 0 spiro atoms. The van der Waals surface area contributed by atoms with Gasteiger partial charge in [-0.05, 0) is 78.9 Å². The van der Waals surface area contributed by atoms with E-state index in [1.807, 2.05) is 12.1 Å². The van der Waals surface area contributed by atoms with Gasteiger partial charge in [-0.1, -0.05) is 12.1 Å². The molecule has 1 fully saturated rings. The molecule has 7 nitrogen and oxygen atoms in total. The number of ketones is 1. The number of aromatic nitrogens is 1. The number of carbonyl (C=O) groups is 3. The number of anilines is 1. The number of Topliss-reactive ketones (excluding diaryl/α,β-unsaturated/α-hetero) is 1. The van der Waals surface area contributed by atoms with Gasteiger partial charge in [-0.3, -0.25) is 19.4 Å². The highest BCUT2D eigenvalue weighted by atomic mass is 19.2. The zero-order valence-electron chi connectivity index (χ0n) is 20.2. The van der Waals surface area contributed by atoms with Crippen LogP contribution in [-0.2, 0) is 4.79 Å². The Morgan fingerprint density at radius 1 is 0.921 bits per heavy atom. The van der Waals surface area contributed by atoms with Gasteiger partial charge in [-0.2, -0.15) is 0 Å². The van der Waals surface area contributed by atoms with Gasteiger partial charge < -0.3 is 14.6 Å². The van der Waals surface area contributed by atoms with Crippen molar-refractivity contribution in [3.05, 3.63) is 108 Å². The number of nitrogens with one attached hydrogen (secondary N) is 1. The summed E-state index contributed by atoms with van der Waals surface area (Å²) in [6, 6.07) is 17.0. The van der Waals surface area contributed by atoms with Gasteiger partial charge in [0.2, 0.25) is 0 Å². The number of pyridine rings is 1. The van der Waals surface area contributed by atoms with Crippen LogP contribution in [0.5, 0.6) is 0 Å². The van der Waals surface area contributed by atoms with Gasteiger partial charge in [0.05, 0.1) is 17.5 Å². The smallest absolute Gasteiger partial charge is 0.298 e. The number of piperidine rings is 1. The number of amides is 2. The molecule has 4 aromatic rings. The lowest BCUT2D eigenvalue weighted by atomic mass is 9.89. The average molecular weight is 516 g/mol. The highest BCUT2D eigenvalue weighted by molar-refractivity contribution is 6.41. The fourth-order valence-corrected chi connectivity index (χ4v) is 4.57. The van der Waals surface area contributed by atoms with Crippen molar-refractivity contribution < 1.29 is 27.6 Å². The van der Waals surface area contributed by atoms with Crippen LogP contribution in [0.25, 0.3) is 11.3 Å². The highest BCUT2D eigenvalue weighted by Gasteiger charge is 2.29. The Bertz CT molecular complexity index is 1480. The van der Waals surface area contributed by atoms with Gasteiger partial charge in [-0.25, -0.2) is 8.78 Å². The summed E-state index contributed by atoms with van der Waals surface area (Å²) in [5, 5.41) is 2.83. The first-order valence-electron chi connectivity index (χ1n) is 12.1. The van der Waals surface area contributed by atoms with Crippen molar-refractivity contribution >= 4 is 23.3 Å². The van der Waals surface area contributed by atoms with Crippen LogP contribution in [0.15, 0.2) is 83.6 Å². The van der Waals surface area contributed by atoms with Gasteiger partial charge in [0.1, 0.15) is 0 Å². The van der Waals surface area contributed by atoms with Crippen molar-refractivity contribution in [2.75, 3.05) is 18.4 Å². The molecule has 1 N–H and O–H groups in total. The SMILES string of the molecule is O=C(C(=O)N1CCC(c2ccc(NC(=O)c3cccnc3-c3ccc(F)c(F)c3)cc2)CC1)c1ccco1. The van der Waals surface area contributed by atoms with E-state index in [4.69, 9.17) is 4.42 Å². The minimum atomic E-state index is -1.02. The molecule has 0 unspecified atom stereocenters. The monoisotopic (exact) mass is 515 g/mol. The maximum absolute atomic E-state index is 13.7. The third-order valence-electron chi connectivity index (χ3n) is 6.61. The second-order valence-electron chi connectivity index (χ2n) is 8.98. The molecule has 0 radical (unpaired) electrons. The second kappa shape index (κ2) is 10.8. The van der Waals surface area contributed by atoms with E-state index in [1.54, 1.807) is 35.2 Å². The van der Waals surface area contributed by atoms with Crippen LogP contribution >= 0.6 is 0 Å². The highest BCUT2D eigenvalue weighted by Crippen LogP contribution is 2.30. The normalized spacial score (nSPS) is 13.8. The predicted molar refractivity (Wildman–Crippen MR) is 136 cm³/mol. The van der Waals surface area contributed by atoms with Crippen LogP contribution in [0, 0.1) is 11.6 Å². The van der Waals surface area contributed by atoms with Gasteiger partial charge in [0, 0.05) is 30.5 Å². The fraction of sp³-hybridized carbons (Fsp3) is 0.172. The fourth-order valence-electron chi connectivity index (χ4n) is 4.57. The van der Waals surface area contributed by atoms with E-state index in [0.29, 0.717) is 37.2 Å². The Morgan fingerprint density at radius 2 is 1.68 bits per heavy atom. The summed E-state index contributed by atoms with van der Waals surface area (Å²) in [6.45, 7) is 0.921. The summed E-state index contributed by atoms with van der Waals surface area (Å²) < 4.78 is 32.2. The molecule has 9 heteroatoms. The molecule has 38 heavy (non-hydrogen) atoms. The molecule has 192 valence electrons. The maximum Gasteiger partial charge on any atom is 0.298 e. The first-order chi connectivity index (χ1) is 18.4. The van der Waals surface area contributed by atoms with Crippen LogP contribution in [0.2, 0.25) is 0 Å². The second-order valence-corrected chi connectivity index (χ2v) is 8.98. The molecule has 0 aliphatic carbocycles. The average Bonchev–Trinajstić information content (AvgIpc) is 3.49. The van der Waals surface area contributed by atoms with Crippen molar-refractivity contribution in [1.82, 2.24) is 9.88 Å². The molecule has 2 amide bonds. The van der Waals surface area contributed by atoms with Gasteiger partial charge >= 0.3 is 0 Å². The van der Waals surface area contributed by atoms with E-state index >= 15 is 0 Å². The molecule has 1 aliphatic heterocycles. The molecule has 1 saturated heterocycles. The van der Waals surface area contributed by atoms with Crippen molar-refractivity contribution in [1.29, 1.82) is 0 Å². The Morgan fingerprint density at radius 3 is 2.37 bits per heavy atom. The number of carbonyl (C=O) groups excluding carboxylic acids is 3. The van der Waals surface area contributed by atoms with Crippen LogP contribution in [0.3, 0.4) is 0 Å². The summed E-state index contributed by atoms with van der Waals surface area (Å²) in [7, 11) is 0. The summed E-state index contributed by atoms with van der Waals surface area (Å²) in [5.41, 5.74) is 2.39. The Hall–Kier alpha value is -4.66. The van der Waals surface area contributed by atoms with Crippen molar-refractivity contribution in [3.63, 3.8) is 0 Å². The lowest BCUT2D eigenvalue weighted by Crippen LogP contribution is -2.41. The number of hydrogen-bond donors (Lipinski definition) is 1. The van der Waals surface area contributed by atoms with E-state index in [9.17, 15) is 23.2 Å². The van der Waals surface area contributed by atoms with Crippen molar-refractivity contribution in [2.24, 2.45) is 0 Å². The third kappa shape index (κ3) is 5.22. The van der Waals surface area contributed by atoms with Crippen LogP contribution < -0.4 is 5.32 Å².